The first-order valence-electron chi connectivity index (χ1n) is 21.5. The van der Waals surface area contributed by atoms with E-state index < -0.39 is 57.1 Å². The fourth-order valence-electron chi connectivity index (χ4n) is 5.82. The number of unbranched alkanes of at least 4 members (excludes halogenated alkanes) is 4. The number of hydrogen-bond donors (Lipinski definition) is 5. The number of nitrogens with two attached hydrogens (primary N) is 1. The summed E-state index contributed by atoms with van der Waals surface area (Å²) in [6, 6.07) is 0. The number of aliphatic hydroxyl groups excluding tert-OH is 3. The maximum Gasteiger partial charge on any atom is 0.472 e. The Morgan fingerprint density at radius 1 is 0.797 bits per heavy atom. The molecule has 1 saturated heterocycles. The maximum atomic E-state index is 12.7. The summed E-state index contributed by atoms with van der Waals surface area (Å²) in [6.07, 6.45) is 35.3. The van der Waals surface area contributed by atoms with Gasteiger partial charge in [-0.1, -0.05) is 118 Å². The molecule has 13 nitrogen and oxygen atoms in total. The highest BCUT2D eigenvalue weighted by Crippen LogP contribution is 2.43. The summed E-state index contributed by atoms with van der Waals surface area (Å²) in [5.41, 5.74) is 5.34. The van der Waals surface area contributed by atoms with Crippen LogP contribution in [0.2, 0.25) is 0 Å². The number of carbonyl (C=O) groups excluding carboxylic acids is 2. The number of esters is 2. The molecule has 0 aliphatic carbocycles. The van der Waals surface area contributed by atoms with E-state index in [0.29, 0.717) is 38.5 Å². The summed E-state index contributed by atoms with van der Waals surface area (Å²) in [7, 11) is -4.47. The lowest BCUT2D eigenvalue weighted by molar-refractivity contribution is -0.199. The molecule has 0 aromatic heterocycles. The third-order valence-corrected chi connectivity index (χ3v) is 10.0. The molecule has 0 aromatic rings. The standard InChI is InChI=1S/C45H74NO12P/c1-3-5-7-8-9-10-11-12-13-14-15-16-17-18-19-20-25-29-43(49)54-36-39(37-56-59(52,53)55-34-33-46)57-44(50)30-26-22-21-24-28-40-41(48)35-45(51)58-42(40)32-31-38(47)27-23-6-4-2/h5,7,9-10,12-13,15-16,18-19,21,24,31-32,38-42,45,47-48,51H,3-4,6,8,11,14,17,20,22-23,25-30,33-37,46H2,1-2H3,(H,52,53)/b7-5-,10-9-,13-12-,16-15-,19-18-,24-21-,32-31+/t38-,39+,40-,41-,42+,45?/m0/s1. The Bertz CT molecular complexity index is 1360. The van der Waals surface area contributed by atoms with E-state index >= 15 is 0 Å². The molecule has 1 aliphatic rings. The summed E-state index contributed by atoms with van der Waals surface area (Å²) < 4.78 is 38.3. The summed E-state index contributed by atoms with van der Waals surface area (Å²) in [5, 5.41) is 30.9. The minimum atomic E-state index is -4.47. The van der Waals surface area contributed by atoms with Crippen molar-refractivity contribution in [3.05, 3.63) is 85.1 Å². The average molecular weight is 852 g/mol. The van der Waals surface area contributed by atoms with E-state index in [1.165, 1.54) is 0 Å². The second-order valence-corrected chi connectivity index (χ2v) is 15.8. The summed E-state index contributed by atoms with van der Waals surface area (Å²) in [6.45, 7) is 3.10. The Morgan fingerprint density at radius 3 is 2.00 bits per heavy atom. The number of phosphoric ester groups is 1. The van der Waals surface area contributed by atoms with Crippen LogP contribution in [0, 0.1) is 5.92 Å². The third kappa shape index (κ3) is 30.7. The van der Waals surface area contributed by atoms with Crippen molar-refractivity contribution < 1.29 is 57.6 Å². The first kappa shape index (κ1) is 54.0. The molecule has 0 saturated carbocycles. The molecule has 0 radical (unpaired) electrons. The van der Waals surface area contributed by atoms with Crippen LogP contribution in [0.5, 0.6) is 0 Å². The summed E-state index contributed by atoms with van der Waals surface area (Å²) >= 11 is 0. The van der Waals surface area contributed by atoms with Crippen molar-refractivity contribution in [2.75, 3.05) is 26.4 Å². The van der Waals surface area contributed by atoms with Gasteiger partial charge in [0.15, 0.2) is 12.4 Å². The normalized spacial score (nSPS) is 21.2. The number of aliphatic hydroxyl groups is 3. The van der Waals surface area contributed by atoms with Crippen LogP contribution >= 0.6 is 7.82 Å². The SMILES string of the molecule is CC/C=C\C/C=C\C/C=C\C/C=C\C/C=C\CCCC(=O)OC[C@H](COP(=O)(O)OCCN)OC(=O)CCC/C=C\C[C@H]1[C@@H](O)CC(O)O[C@@H]1/C=C/[C@@H](O)CCCCC. The molecular formula is C45H74NO12P. The molecule has 0 bridgehead atoms. The van der Waals surface area contributed by atoms with Crippen LogP contribution in [0.15, 0.2) is 85.1 Å². The zero-order chi connectivity index (χ0) is 43.4. The fraction of sp³-hybridized carbons (Fsp3) is 0.644. The number of hydrogen-bond acceptors (Lipinski definition) is 12. The van der Waals surface area contributed by atoms with Gasteiger partial charge in [-0.2, -0.15) is 0 Å². The van der Waals surface area contributed by atoms with Crippen LogP contribution in [0.4, 0.5) is 0 Å². The highest BCUT2D eigenvalue weighted by Gasteiger charge is 2.35. The first-order valence-corrected chi connectivity index (χ1v) is 23.0. The summed E-state index contributed by atoms with van der Waals surface area (Å²) in [5.74, 6) is -1.43. The van der Waals surface area contributed by atoms with Gasteiger partial charge in [0.05, 0.1) is 31.5 Å². The van der Waals surface area contributed by atoms with Gasteiger partial charge in [0.1, 0.15) is 6.61 Å². The lowest BCUT2D eigenvalue weighted by Gasteiger charge is -2.36. The number of phosphoric acid groups is 1. The fourth-order valence-corrected chi connectivity index (χ4v) is 6.59. The van der Waals surface area contributed by atoms with Gasteiger partial charge in [-0.05, 0) is 70.6 Å². The summed E-state index contributed by atoms with van der Waals surface area (Å²) in [4.78, 5) is 35.1. The van der Waals surface area contributed by atoms with Crippen molar-refractivity contribution in [3.8, 4) is 0 Å². The van der Waals surface area contributed by atoms with Crippen molar-refractivity contribution in [3.63, 3.8) is 0 Å². The van der Waals surface area contributed by atoms with E-state index in [1.807, 2.05) is 24.3 Å². The monoisotopic (exact) mass is 851 g/mol. The van der Waals surface area contributed by atoms with E-state index in [-0.39, 0.29) is 44.9 Å². The van der Waals surface area contributed by atoms with Gasteiger partial charge in [-0.3, -0.25) is 18.6 Å². The van der Waals surface area contributed by atoms with Gasteiger partial charge in [-0.15, -0.1) is 0 Å². The van der Waals surface area contributed by atoms with Crippen molar-refractivity contribution >= 4 is 19.8 Å². The van der Waals surface area contributed by atoms with Crippen molar-refractivity contribution in [1.82, 2.24) is 0 Å². The number of ether oxygens (including phenoxy) is 3. The second-order valence-electron chi connectivity index (χ2n) is 14.4. The van der Waals surface area contributed by atoms with Crippen LogP contribution < -0.4 is 5.73 Å². The van der Waals surface area contributed by atoms with Gasteiger partial charge in [0.2, 0.25) is 0 Å². The van der Waals surface area contributed by atoms with Crippen LogP contribution in [0.25, 0.3) is 0 Å². The van der Waals surface area contributed by atoms with Gasteiger partial charge < -0.3 is 40.2 Å². The molecule has 1 aliphatic heterocycles. The predicted molar refractivity (Wildman–Crippen MR) is 232 cm³/mol. The quantitative estimate of drug-likeness (QED) is 0.0180. The topological polar surface area (TPSA) is 204 Å². The Balaban J connectivity index is 2.50. The molecule has 1 heterocycles. The molecule has 59 heavy (non-hydrogen) atoms. The Labute approximate surface area is 353 Å². The number of rotatable bonds is 34. The van der Waals surface area contributed by atoms with E-state index in [1.54, 1.807) is 12.2 Å². The smallest absolute Gasteiger partial charge is 0.462 e. The van der Waals surface area contributed by atoms with Gasteiger partial charge in [0, 0.05) is 31.7 Å². The van der Waals surface area contributed by atoms with Crippen molar-refractivity contribution in [2.24, 2.45) is 11.7 Å². The van der Waals surface area contributed by atoms with Crippen LogP contribution in [-0.2, 0) is 37.4 Å². The molecular weight excluding hydrogens is 777 g/mol. The molecule has 336 valence electrons. The molecule has 2 unspecified atom stereocenters. The largest absolute Gasteiger partial charge is 0.472 e. The van der Waals surface area contributed by atoms with Crippen LogP contribution in [-0.4, -0.2) is 89.2 Å². The third-order valence-electron chi connectivity index (χ3n) is 9.06. The first-order chi connectivity index (χ1) is 28.5. The van der Waals surface area contributed by atoms with Crippen LogP contribution in [0.1, 0.15) is 123 Å². The zero-order valence-corrected chi connectivity index (χ0v) is 36.4. The van der Waals surface area contributed by atoms with E-state index in [4.69, 9.17) is 29.0 Å². The zero-order valence-electron chi connectivity index (χ0n) is 35.5. The van der Waals surface area contributed by atoms with Gasteiger partial charge in [0.25, 0.3) is 0 Å². The highest BCUT2D eigenvalue weighted by molar-refractivity contribution is 7.47. The van der Waals surface area contributed by atoms with Gasteiger partial charge in [-0.25, -0.2) is 4.57 Å². The maximum absolute atomic E-state index is 12.7. The average Bonchev–Trinajstić information content (AvgIpc) is 3.20. The predicted octanol–water partition coefficient (Wildman–Crippen LogP) is 8.15. The van der Waals surface area contributed by atoms with Crippen molar-refractivity contribution in [2.45, 2.75) is 154 Å². The number of allylic oxidation sites excluding steroid dienone is 12. The van der Waals surface area contributed by atoms with E-state index in [9.17, 15) is 34.4 Å². The molecule has 14 heteroatoms. The van der Waals surface area contributed by atoms with Crippen LogP contribution in [0.3, 0.4) is 0 Å². The minimum absolute atomic E-state index is 0.00287. The van der Waals surface area contributed by atoms with E-state index in [2.05, 4.69) is 62.5 Å². The Hall–Kier alpha value is -2.97. The van der Waals surface area contributed by atoms with E-state index in [0.717, 1.165) is 51.4 Å². The van der Waals surface area contributed by atoms with Crippen molar-refractivity contribution in [1.29, 1.82) is 0 Å². The molecule has 6 N–H and O–H groups in total. The molecule has 0 spiro atoms. The minimum Gasteiger partial charge on any atom is -0.462 e. The highest BCUT2D eigenvalue weighted by atomic mass is 31.2. The lowest BCUT2D eigenvalue weighted by atomic mass is 9.87. The lowest BCUT2D eigenvalue weighted by Crippen LogP contribution is -2.43. The molecule has 0 aromatic carbocycles. The second kappa shape index (κ2) is 35.8. The molecule has 7 atom stereocenters. The molecule has 0 amide bonds. The molecule has 1 rings (SSSR count). The Kier molecular flexibility index (Phi) is 32.8. The molecule has 1 fully saturated rings. The number of carbonyl (C=O) groups is 2. The Morgan fingerprint density at radius 2 is 1.39 bits per heavy atom. The van der Waals surface area contributed by atoms with Gasteiger partial charge >= 0.3 is 19.8 Å².